The number of amides is 1. The van der Waals surface area contributed by atoms with Gasteiger partial charge in [-0.25, -0.2) is 19.6 Å². The number of benzene rings is 1. The summed E-state index contributed by atoms with van der Waals surface area (Å²) in [6, 6.07) is 7.19. The molecule has 0 saturated carbocycles. The van der Waals surface area contributed by atoms with Crippen LogP contribution in [0.1, 0.15) is 34.1 Å². The summed E-state index contributed by atoms with van der Waals surface area (Å²) >= 11 is 6.18. The third kappa shape index (κ3) is 3.96. The van der Waals surface area contributed by atoms with Gasteiger partial charge in [0.05, 0.1) is 17.6 Å². The summed E-state index contributed by atoms with van der Waals surface area (Å²) in [6.07, 6.45) is -1.27. The van der Waals surface area contributed by atoms with Crippen LogP contribution in [0.3, 0.4) is 0 Å². The van der Waals surface area contributed by atoms with E-state index in [-0.39, 0.29) is 24.0 Å². The zero-order chi connectivity index (χ0) is 20.7. The number of carbonyl (C=O) groups excluding carboxylic acids is 1. The molecule has 2 atom stereocenters. The predicted octanol–water partition coefficient (Wildman–Crippen LogP) is 3.51. The maximum Gasteiger partial charge on any atom is 0.411 e. The summed E-state index contributed by atoms with van der Waals surface area (Å²) in [6.45, 7) is 6.66. The molecule has 3 rings (SSSR count). The van der Waals surface area contributed by atoms with E-state index < -0.39 is 29.3 Å². The van der Waals surface area contributed by atoms with Crippen LogP contribution >= 0.6 is 11.6 Å². The van der Waals surface area contributed by atoms with Crippen molar-refractivity contribution in [3.05, 3.63) is 29.4 Å². The number of halogens is 1. The van der Waals surface area contributed by atoms with Crippen molar-refractivity contribution in [3.63, 3.8) is 0 Å². The number of carboxylic acids is 1. The summed E-state index contributed by atoms with van der Waals surface area (Å²) in [5.41, 5.74) is -0.992. The Labute approximate surface area is 167 Å². The van der Waals surface area contributed by atoms with Gasteiger partial charge in [0.15, 0.2) is 5.15 Å². The fraction of sp³-hybridized carbons (Fsp3) is 0.474. The molecule has 8 nitrogen and oxygen atoms in total. The Morgan fingerprint density at radius 2 is 1.86 bits per heavy atom. The highest BCUT2D eigenvalue weighted by Gasteiger charge is 2.52. The number of para-hydroxylation sites is 2. The van der Waals surface area contributed by atoms with Crippen molar-refractivity contribution in [1.29, 1.82) is 0 Å². The molecule has 0 spiro atoms. The number of rotatable bonds is 3. The van der Waals surface area contributed by atoms with Gasteiger partial charge < -0.3 is 14.6 Å². The number of hydrogen-bond donors (Lipinski definition) is 1. The Bertz CT molecular complexity index is 929. The van der Waals surface area contributed by atoms with Crippen molar-refractivity contribution in [3.8, 4) is 5.88 Å². The molecule has 0 unspecified atom stereocenters. The minimum absolute atomic E-state index is 0.0303. The lowest BCUT2D eigenvalue weighted by atomic mass is 9.99. The number of ether oxygens (including phenoxy) is 2. The lowest BCUT2D eigenvalue weighted by Gasteiger charge is -2.32. The van der Waals surface area contributed by atoms with Crippen molar-refractivity contribution in [1.82, 2.24) is 14.9 Å². The van der Waals surface area contributed by atoms with Crippen LogP contribution in [-0.4, -0.2) is 55.8 Å². The van der Waals surface area contributed by atoms with Crippen LogP contribution in [0.5, 0.6) is 5.88 Å². The highest BCUT2D eigenvalue weighted by atomic mass is 35.5. The smallest absolute Gasteiger partial charge is 0.411 e. The summed E-state index contributed by atoms with van der Waals surface area (Å²) in [4.78, 5) is 34.2. The highest BCUT2D eigenvalue weighted by molar-refractivity contribution is 6.31. The summed E-state index contributed by atoms with van der Waals surface area (Å²) in [5, 5.41) is 9.79. The lowest BCUT2D eigenvalue weighted by molar-refractivity contribution is -0.148. The highest BCUT2D eigenvalue weighted by Crippen LogP contribution is 2.34. The Morgan fingerprint density at radius 3 is 2.43 bits per heavy atom. The Kier molecular flexibility index (Phi) is 5.10. The first-order valence-corrected chi connectivity index (χ1v) is 9.20. The number of carboxylic acid groups (broad SMARTS) is 1. The first-order chi connectivity index (χ1) is 13.0. The van der Waals surface area contributed by atoms with Gasteiger partial charge in [-0.15, -0.1) is 0 Å². The van der Waals surface area contributed by atoms with Gasteiger partial charge in [0.1, 0.15) is 17.2 Å². The lowest BCUT2D eigenvalue weighted by Crippen LogP contribution is -2.52. The minimum Gasteiger partial charge on any atom is -0.480 e. The van der Waals surface area contributed by atoms with Gasteiger partial charge in [-0.05, 0) is 39.8 Å². The molecule has 1 saturated heterocycles. The van der Waals surface area contributed by atoms with Gasteiger partial charge in [0.2, 0.25) is 0 Å². The quantitative estimate of drug-likeness (QED) is 0.830. The van der Waals surface area contributed by atoms with Crippen LogP contribution in [0.4, 0.5) is 4.79 Å². The molecule has 2 heterocycles. The van der Waals surface area contributed by atoms with Crippen LogP contribution in [0.25, 0.3) is 11.0 Å². The molecule has 1 aliphatic heterocycles. The van der Waals surface area contributed by atoms with E-state index in [1.807, 2.05) is 12.1 Å². The number of aromatic nitrogens is 2. The molecule has 1 aromatic heterocycles. The van der Waals surface area contributed by atoms with E-state index in [2.05, 4.69) is 9.97 Å². The number of nitrogens with zero attached hydrogens (tertiary/aromatic N) is 3. The van der Waals surface area contributed by atoms with Crippen molar-refractivity contribution >= 4 is 34.7 Å². The van der Waals surface area contributed by atoms with E-state index in [1.165, 1.54) is 11.8 Å². The first kappa shape index (κ1) is 20.1. The third-order valence-electron chi connectivity index (χ3n) is 4.46. The molecule has 1 aliphatic rings. The molecule has 1 N–H and O–H groups in total. The first-order valence-electron chi connectivity index (χ1n) is 8.82. The number of fused-ring (bicyclic) bond motifs is 1. The van der Waals surface area contributed by atoms with Crippen molar-refractivity contribution in [2.75, 3.05) is 6.54 Å². The topological polar surface area (TPSA) is 102 Å². The largest absolute Gasteiger partial charge is 0.480 e. The van der Waals surface area contributed by atoms with Gasteiger partial charge >= 0.3 is 12.1 Å². The van der Waals surface area contributed by atoms with E-state index in [1.54, 1.807) is 32.9 Å². The average molecular weight is 408 g/mol. The molecule has 0 bridgehead atoms. The third-order valence-corrected chi connectivity index (χ3v) is 4.71. The number of hydrogen-bond acceptors (Lipinski definition) is 6. The van der Waals surface area contributed by atoms with E-state index >= 15 is 0 Å². The van der Waals surface area contributed by atoms with Crippen LogP contribution < -0.4 is 4.74 Å². The molecular weight excluding hydrogens is 386 g/mol. The van der Waals surface area contributed by atoms with Gasteiger partial charge in [-0.2, -0.15) is 0 Å². The second kappa shape index (κ2) is 7.09. The van der Waals surface area contributed by atoms with Crippen molar-refractivity contribution < 1.29 is 24.2 Å². The number of aliphatic carboxylic acids is 1. The standard InChI is InChI=1S/C19H22ClN3O5/c1-18(2,3)28-17(26)23-10-11(9-19(23,4)16(24)25)27-15-14(20)21-12-7-5-6-8-13(12)22-15/h5-8,11H,9-10H2,1-4H3,(H,24,25)/t11-,19+/m1/s1. The number of carbonyl (C=O) groups is 2. The summed E-state index contributed by atoms with van der Waals surface area (Å²) in [7, 11) is 0. The molecule has 0 radical (unpaired) electrons. The molecule has 0 aliphatic carbocycles. The van der Waals surface area contributed by atoms with E-state index in [0.29, 0.717) is 11.0 Å². The molecule has 2 aromatic rings. The van der Waals surface area contributed by atoms with Crippen LogP contribution in [0.15, 0.2) is 24.3 Å². The van der Waals surface area contributed by atoms with Gasteiger partial charge in [0, 0.05) is 6.42 Å². The molecule has 1 fully saturated rings. The number of likely N-dealkylation sites (tertiary alicyclic amines) is 1. The van der Waals surface area contributed by atoms with Crippen molar-refractivity contribution in [2.24, 2.45) is 0 Å². The van der Waals surface area contributed by atoms with E-state index in [4.69, 9.17) is 21.1 Å². The zero-order valence-corrected chi connectivity index (χ0v) is 16.9. The van der Waals surface area contributed by atoms with E-state index in [0.717, 1.165) is 0 Å². The van der Waals surface area contributed by atoms with E-state index in [9.17, 15) is 14.7 Å². The van der Waals surface area contributed by atoms with Crippen LogP contribution in [0.2, 0.25) is 5.15 Å². The predicted molar refractivity (Wildman–Crippen MR) is 103 cm³/mol. The SMILES string of the molecule is CC(C)(C)OC(=O)N1C[C@H](Oc2nc3ccccc3nc2Cl)C[C@@]1(C)C(=O)O. The van der Waals surface area contributed by atoms with Crippen LogP contribution in [-0.2, 0) is 9.53 Å². The Hall–Kier alpha value is -2.61. The van der Waals surface area contributed by atoms with Gasteiger partial charge in [-0.3, -0.25) is 4.90 Å². The van der Waals surface area contributed by atoms with Gasteiger partial charge in [-0.1, -0.05) is 23.7 Å². The maximum atomic E-state index is 12.6. The van der Waals surface area contributed by atoms with Crippen molar-refractivity contribution in [2.45, 2.75) is 51.4 Å². The maximum absolute atomic E-state index is 12.6. The minimum atomic E-state index is -1.47. The normalized spacial score (nSPS) is 22.3. The zero-order valence-electron chi connectivity index (χ0n) is 16.1. The molecular formula is C19H22ClN3O5. The summed E-state index contributed by atoms with van der Waals surface area (Å²) in [5.74, 6) is -1.04. The average Bonchev–Trinajstić information content (AvgIpc) is 2.92. The molecule has 9 heteroatoms. The Balaban J connectivity index is 1.85. The summed E-state index contributed by atoms with van der Waals surface area (Å²) < 4.78 is 11.2. The second-order valence-electron chi connectivity index (χ2n) is 7.92. The Morgan fingerprint density at radius 1 is 1.25 bits per heavy atom. The fourth-order valence-corrected chi connectivity index (χ4v) is 3.27. The molecule has 150 valence electrons. The molecule has 1 amide bonds. The van der Waals surface area contributed by atoms with Crippen LogP contribution in [0, 0.1) is 0 Å². The monoisotopic (exact) mass is 407 g/mol. The fourth-order valence-electron chi connectivity index (χ4n) is 3.09. The molecule has 28 heavy (non-hydrogen) atoms. The molecule has 1 aromatic carbocycles. The second-order valence-corrected chi connectivity index (χ2v) is 8.28. The van der Waals surface area contributed by atoms with Gasteiger partial charge in [0.25, 0.3) is 5.88 Å².